The van der Waals surface area contributed by atoms with Crippen LogP contribution in [0.5, 0.6) is 0 Å². The number of nitrogens with one attached hydrogen (secondary N) is 1. The minimum Gasteiger partial charge on any atom is -0.349 e. The second-order valence-electron chi connectivity index (χ2n) is 6.45. The van der Waals surface area contributed by atoms with Crippen LogP contribution in [0.25, 0.3) is 0 Å². The largest absolute Gasteiger partial charge is 0.349 e. The van der Waals surface area contributed by atoms with Gasteiger partial charge in [-0.25, -0.2) is 0 Å². The van der Waals surface area contributed by atoms with Crippen molar-refractivity contribution in [1.29, 1.82) is 0 Å². The SMILES string of the molecule is C[C@@H](NC(=O)C(CN)CC(C)(C)C)c1ccccc1Cl. The maximum atomic E-state index is 12.3. The molecule has 0 aliphatic heterocycles. The first-order valence-electron chi connectivity index (χ1n) is 6.99. The van der Waals surface area contributed by atoms with Crippen LogP contribution in [0.15, 0.2) is 24.3 Å². The first-order chi connectivity index (χ1) is 9.24. The van der Waals surface area contributed by atoms with Gasteiger partial charge < -0.3 is 11.1 Å². The Morgan fingerprint density at radius 1 is 1.35 bits per heavy atom. The van der Waals surface area contributed by atoms with Crippen molar-refractivity contribution in [3.63, 3.8) is 0 Å². The zero-order chi connectivity index (χ0) is 15.3. The highest BCUT2D eigenvalue weighted by atomic mass is 35.5. The summed E-state index contributed by atoms with van der Waals surface area (Å²) >= 11 is 6.15. The molecule has 1 amide bonds. The molecule has 1 unspecified atom stereocenters. The van der Waals surface area contributed by atoms with Crippen molar-refractivity contribution in [2.75, 3.05) is 6.54 Å². The van der Waals surface area contributed by atoms with Gasteiger partial charge in [0, 0.05) is 11.6 Å². The van der Waals surface area contributed by atoms with Crippen LogP contribution >= 0.6 is 11.6 Å². The number of hydrogen-bond acceptors (Lipinski definition) is 2. The molecule has 0 aliphatic rings. The Morgan fingerprint density at radius 3 is 2.45 bits per heavy atom. The fourth-order valence-electron chi connectivity index (χ4n) is 2.26. The predicted molar refractivity (Wildman–Crippen MR) is 84.6 cm³/mol. The van der Waals surface area contributed by atoms with E-state index in [1.807, 2.05) is 31.2 Å². The molecule has 112 valence electrons. The van der Waals surface area contributed by atoms with Crippen LogP contribution < -0.4 is 11.1 Å². The third-order valence-corrected chi connectivity index (χ3v) is 3.59. The molecular weight excluding hydrogens is 272 g/mol. The van der Waals surface area contributed by atoms with Gasteiger partial charge in [-0.2, -0.15) is 0 Å². The summed E-state index contributed by atoms with van der Waals surface area (Å²) in [5.74, 6) is -0.171. The Bertz CT molecular complexity index is 454. The second kappa shape index (κ2) is 7.09. The summed E-state index contributed by atoms with van der Waals surface area (Å²) in [6.45, 7) is 8.63. The molecule has 0 saturated heterocycles. The summed E-state index contributed by atoms with van der Waals surface area (Å²) in [5, 5.41) is 3.67. The van der Waals surface area contributed by atoms with Crippen LogP contribution in [0, 0.1) is 11.3 Å². The fraction of sp³-hybridized carbons (Fsp3) is 0.562. The first-order valence-corrected chi connectivity index (χ1v) is 7.37. The van der Waals surface area contributed by atoms with Crippen molar-refractivity contribution in [1.82, 2.24) is 5.32 Å². The van der Waals surface area contributed by atoms with Gasteiger partial charge in [0.05, 0.1) is 12.0 Å². The average molecular weight is 297 g/mol. The van der Waals surface area contributed by atoms with E-state index in [0.717, 1.165) is 12.0 Å². The van der Waals surface area contributed by atoms with Crippen molar-refractivity contribution in [2.45, 2.75) is 40.2 Å². The molecule has 3 N–H and O–H groups in total. The zero-order valence-electron chi connectivity index (χ0n) is 12.7. The minimum absolute atomic E-state index is 0.00477. The molecule has 4 heteroatoms. The molecule has 2 atom stereocenters. The topological polar surface area (TPSA) is 55.1 Å². The van der Waals surface area contributed by atoms with Gasteiger partial charge in [-0.15, -0.1) is 0 Å². The lowest BCUT2D eigenvalue weighted by Crippen LogP contribution is -2.38. The summed E-state index contributed by atoms with van der Waals surface area (Å²) in [6, 6.07) is 7.43. The zero-order valence-corrected chi connectivity index (χ0v) is 13.5. The standard InChI is InChI=1S/C16H25ClN2O/c1-11(13-7-5-6-8-14(13)17)19-15(20)12(10-18)9-16(2,3)4/h5-8,11-12H,9-10,18H2,1-4H3,(H,19,20)/t11-,12?/m1/s1. The van der Waals surface area contributed by atoms with Crippen molar-refractivity contribution < 1.29 is 4.79 Å². The summed E-state index contributed by atoms with van der Waals surface area (Å²) in [5.41, 5.74) is 6.74. The van der Waals surface area contributed by atoms with E-state index in [2.05, 4.69) is 26.1 Å². The van der Waals surface area contributed by atoms with E-state index in [1.54, 1.807) is 0 Å². The Balaban J connectivity index is 2.71. The second-order valence-corrected chi connectivity index (χ2v) is 6.86. The molecule has 1 aromatic rings. The smallest absolute Gasteiger partial charge is 0.224 e. The molecule has 3 nitrogen and oxygen atoms in total. The van der Waals surface area contributed by atoms with Crippen LogP contribution in [0.3, 0.4) is 0 Å². The molecule has 0 aliphatic carbocycles. The molecule has 20 heavy (non-hydrogen) atoms. The summed E-state index contributed by atoms with van der Waals surface area (Å²) in [7, 11) is 0. The molecule has 0 fully saturated rings. The molecule has 0 aromatic heterocycles. The number of benzene rings is 1. The Labute approximate surface area is 126 Å². The van der Waals surface area contributed by atoms with Gasteiger partial charge >= 0.3 is 0 Å². The number of nitrogens with two attached hydrogens (primary N) is 1. The van der Waals surface area contributed by atoms with Gasteiger partial charge in [-0.3, -0.25) is 4.79 Å². The predicted octanol–water partition coefficient (Wildman–Crippen LogP) is 3.53. The Kier molecular flexibility index (Phi) is 6.03. The molecular formula is C16H25ClN2O. The number of carbonyl (C=O) groups excluding carboxylic acids is 1. The van der Waals surface area contributed by atoms with E-state index in [9.17, 15) is 4.79 Å². The van der Waals surface area contributed by atoms with Gasteiger partial charge in [0.25, 0.3) is 0 Å². The number of carbonyl (C=O) groups is 1. The van der Waals surface area contributed by atoms with Crippen molar-refractivity contribution >= 4 is 17.5 Å². The molecule has 1 rings (SSSR count). The highest BCUT2D eigenvalue weighted by molar-refractivity contribution is 6.31. The lowest BCUT2D eigenvalue weighted by Gasteiger charge is -2.26. The van der Waals surface area contributed by atoms with Crippen LogP contribution in [0.4, 0.5) is 0 Å². The lowest BCUT2D eigenvalue weighted by molar-refractivity contribution is -0.126. The van der Waals surface area contributed by atoms with Gasteiger partial charge in [0.1, 0.15) is 0 Å². The van der Waals surface area contributed by atoms with Crippen LogP contribution in [-0.4, -0.2) is 12.5 Å². The van der Waals surface area contributed by atoms with Crippen LogP contribution in [-0.2, 0) is 4.79 Å². The van der Waals surface area contributed by atoms with E-state index in [0.29, 0.717) is 11.6 Å². The third-order valence-electron chi connectivity index (χ3n) is 3.24. The van der Waals surface area contributed by atoms with Crippen molar-refractivity contribution in [3.05, 3.63) is 34.9 Å². The van der Waals surface area contributed by atoms with Gasteiger partial charge in [-0.05, 0) is 30.4 Å². The van der Waals surface area contributed by atoms with Gasteiger partial charge in [-0.1, -0.05) is 50.6 Å². The van der Waals surface area contributed by atoms with Gasteiger partial charge in [0.2, 0.25) is 5.91 Å². The quantitative estimate of drug-likeness (QED) is 0.873. The first kappa shape index (κ1) is 17.0. The van der Waals surface area contributed by atoms with E-state index in [1.165, 1.54) is 0 Å². The van der Waals surface area contributed by atoms with Gasteiger partial charge in [0.15, 0.2) is 0 Å². The highest BCUT2D eigenvalue weighted by Gasteiger charge is 2.25. The number of rotatable bonds is 5. The Hall–Kier alpha value is -1.06. The molecule has 0 saturated carbocycles. The Morgan fingerprint density at radius 2 is 1.95 bits per heavy atom. The van der Waals surface area contributed by atoms with Crippen molar-refractivity contribution in [3.8, 4) is 0 Å². The normalized spacial score (nSPS) is 14.7. The summed E-state index contributed by atoms with van der Waals surface area (Å²) < 4.78 is 0. The lowest BCUT2D eigenvalue weighted by atomic mass is 9.84. The molecule has 0 heterocycles. The van der Waals surface area contributed by atoms with E-state index in [-0.39, 0.29) is 23.3 Å². The highest BCUT2D eigenvalue weighted by Crippen LogP contribution is 2.26. The van der Waals surface area contributed by atoms with Crippen LogP contribution in [0.2, 0.25) is 5.02 Å². The number of halogens is 1. The third kappa shape index (κ3) is 5.14. The van der Waals surface area contributed by atoms with Crippen LogP contribution in [0.1, 0.15) is 45.7 Å². The molecule has 1 aromatic carbocycles. The van der Waals surface area contributed by atoms with E-state index in [4.69, 9.17) is 17.3 Å². The molecule has 0 bridgehead atoms. The number of amides is 1. The van der Waals surface area contributed by atoms with E-state index >= 15 is 0 Å². The monoisotopic (exact) mass is 296 g/mol. The molecule has 0 spiro atoms. The summed E-state index contributed by atoms with van der Waals surface area (Å²) in [6.07, 6.45) is 0.768. The minimum atomic E-state index is -0.167. The average Bonchev–Trinajstić information content (AvgIpc) is 2.35. The van der Waals surface area contributed by atoms with Crippen molar-refractivity contribution in [2.24, 2.45) is 17.1 Å². The maximum Gasteiger partial charge on any atom is 0.224 e. The summed E-state index contributed by atoms with van der Waals surface area (Å²) in [4.78, 5) is 12.3. The molecule has 0 radical (unpaired) electrons. The maximum absolute atomic E-state index is 12.3. The van der Waals surface area contributed by atoms with E-state index < -0.39 is 0 Å². The number of hydrogen-bond donors (Lipinski definition) is 2. The fourth-order valence-corrected chi connectivity index (χ4v) is 2.56.